The fourth-order valence-corrected chi connectivity index (χ4v) is 1.04. The maximum atomic E-state index is 9.37. The van der Waals surface area contributed by atoms with E-state index in [1.807, 2.05) is 13.0 Å². The van der Waals surface area contributed by atoms with Crippen molar-refractivity contribution in [3.8, 4) is 0 Å². The lowest BCUT2D eigenvalue weighted by atomic mass is 10.1. The Morgan fingerprint density at radius 1 is 1.36 bits per heavy atom. The lowest BCUT2D eigenvalue weighted by molar-refractivity contribution is 0.153. The number of aliphatic hydroxyl groups is 1. The van der Waals surface area contributed by atoms with Crippen LogP contribution in [0, 0.1) is 0 Å². The van der Waals surface area contributed by atoms with Crippen LogP contribution in [0.15, 0.2) is 12.2 Å². The smallest absolute Gasteiger partial charge is 0.0543 e. The SMILES string of the molecule is C/C=C\CCC(O)CCCC. The minimum atomic E-state index is -0.0776. The summed E-state index contributed by atoms with van der Waals surface area (Å²) >= 11 is 0. The molecule has 0 heterocycles. The molecule has 66 valence electrons. The second kappa shape index (κ2) is 7.80. The largest absolute Gasteiger partial charge is 0.393 e. The molecule has 0 aliphatic heterocycles. The van der Waals surface area contributed by atoms with Crippen LogP contribution in [0.3, 0.4) is 0 Å². The summed E-state index contributed by atoms with van der Waals surface area (Å²) in [6.07, 6.45) is 9.30. The van der Waals surface area contributed by atoms with Crippen molar-refractivity contribution in [2.45, 2.75) is 52.1 Å². The second-order valence-corrected chi connectivity index (χ2v) is 2.94. The first kappa shape index (κ1) is 10.7. The summed E-state index contributed by atoms with van der Waals surface area (Å²) in [5.74, 6) is 0. The highest BCUT2D eigenvalue weighted by Crippen LogP contribution is 2.06. The van der Waals surface area contributed by atoms with Gasteiger partial charge in [0.25, 0.3) is 0 Å². The van der Waals surface area contributed by atoms with E-state index < -0.39 is 0 Å². The Kier molecular flexibility index (Phi) is 7.59. The van der Waals surface area contributed by atoms with Gasteiger partial charge < -0.3 is 5.11 Å². The molecule has 1 atom stereocenters. The standard InChI is InChI=1S/C10H20O/c1-3-5-7-9-10(11)8-6-4-2/h3,5,10-11H,4,6-9H2,1-2H3/b5-3-. The van der Waals surface area contributed by atoms with Crippen LogP contribution in [0.1, 0.15) is 46.0 Å². The van der Waals surface area contributed by atoms with E-state index in [1.54, 1.807) is 0 Å². The average molecular weight is 156 g/mol. The van der Waals surface area contributed by atoms with E-state index in [2.05, 4.69) is 13.0 Å². The molecule has 0 amide bonds. The van der Waals surface area contributed by atoms with E-state index in [0.717, 1.165) is 25.7 Å². The van der Waals surface area contributed by atoms with Gasteiger partial charge in [-0.15, -0.1) is 0 Å². The summed E-state index contributed by atoms with van der Waals surface area (Å²) < 4.78 is 0. The highest BCUT2D eigenvalue weighted by Gasteiger charge is 2.00. The molecule has 1 N–H and O–H groups in total. The molecule has 0 aliphatic carbocycles. The molecule has 11 heavy (non-hydrogen) atoms. The lowest BCUT2D eigenvalue weighted by Crippen LogP contribution is -2.04. The van der Waals surface area contributed by atoms with Gasteiger partial charge in [0.15, 0.2) is 0 Å². The molecular formula is C10H20O. The number of hydrogen-bond donors (Lipinski definition) is 1. The molecule has 0 aromatic heterocycles. The maximum Gasteiger partial charge on any atom is 0.0543 e. The zero-order chi connectivity index (χ0) is 8.53. The van der Waals surface area contributed by atoms with Crippen molar-refractivity contribution in [3.63, 3.8) is 0 Å². The Morgan fingerprint density at radius 3 is 2.64 bits per heavy atom. The molecule has 0 saturated carbocycles. The van der Waals surface area contributed by atoms with Crippen LogP contribution in [-0.2, 0) is 0 Å². The molecule has 1 heteroatoms. The van der Waals surface area contributed by atoms with Crippen molar-refractivity contribution in [3.05, 3.63) is 12.2 Å². The van der Waals surface area contributed by atoms with Gasteiger partial charge in [0.2, 0.25) is 0 Å². The van der Waals surface area contributed by atoms with E-state index >= 15 is 0 Å². The van der Waals surface area contributed by atoms with Gasteiger partial charge in [0, 0.05) is 0 Å². The third-order valence-corrected chi connectivity index (χ3v) is 1.79. The summed E-state index contributed by atoms with van der Waals surface area (Å²) in [4.78, 5) is 0. The quantitative estimate of drug-likeness (QED) is 0.586. The van der Waals surface area contributed by atoms with Crippen LogP contribution >= 0.6 is 0 Å². The second-order valence-electron chi connectivity index (χ2n) is 2.94. The molecule has 1 unspecified atom stereocenters. The van der Waals surface area contributed by atoms with E-state index in [9.17, 15) is 5.11 Å². The zero-order valence-electron chi connectivity index (χ0n) is 7.71. The molecular weight excluding hydrogens is 136 g/mol. The van der Waals surface area contributed by atoms with Gasteiger partial charge in [0.05, 0.1) is 6.10 Å². The van der Waals surface area contributed by atoms with Crippen LogP contribution in [0.4, 0.5) is 0 Å². The number of allylic oxidation sites excluding steroid dienone is 2. The minimum absolute atomic E-state index is 0.0776. The number of unbranched alkanes of at least 4 members (excludes halogenated alkanes) is 1. The van der Waals surface area contributed by atoms with E-state index in [-0.39, 0.29) is 6.10 Å². The third kappa shape index (κ3) is 7.60. The van der Waals surface area contributed by atoms with Crippen LogP contribution in [-0.4, -0.2) is 11.2 Å². The molecule has 0 saturated heterocycles. The molecule has 0 rings (SSSR count). The van der Waals surface area contributed by atoms with Gasteiger partial charge in [0.1, 0.15) is 0 Å². The minimum Gasteiger partial charge on any atom is -0.393 e. The number of hydrogen-bond acceptors (Lipinski definition) is 1. The Bertz CT molecular complexity index is 97.0. The molecule has 0 radical (unpaired) electrons. The van der Waals surface area contributed by atoms with Crippen molar-refractivity contribution in [2.24, 2.45) is 0 Å². The van der Waals surface area contributed by atoms with Crippen molar-refractivity contribution in [2.75, 3.05) is 0 Å². The fourth-order valence-electron chi connectivity index (χ4n) is 1.04. The van der Waals surface area contributed by atoms with Gasteiger partial charge in [-0.05, 0) is 26.2 Å². The summed E-state index contributed by atoms with van der Waals surface area (Å²) in [5, 5.41) is 9.37. The highest BCUT2D eigenvalue weighted by atomic mass is 16.3. The van der Waals surface area contributed by atoms with Gasteiger partial charge >= 0.3 is 0 Å². The van der Waals surface area contributed by atoms with Crippen LogP contribution in [0.2, 0.25) is 0 Å². The van der Waals surface area contributed by atoms with E-state index in [4.69, 9.17) is 0 Å². The molecule has 0 aromatic carbocycles. The molecule has 0 aliphatic rings. The van der Waals surface area contributed by atoms with Gasteiger partial charge in [-0.1, -0.05) is 31.9 Å². The van der Waals surface area contributed by atoms with Gasteiger partial charge in [-0.25, -0.2) is 0 Å². The Labute approximate surface area is 70.1 Å². The fraction of sp³-hybridized carbons (Fsp3) is 0.800. The first-order valence-corrected chi connectivity index (χ1v) is 4.60. The molecule has 0 fully saturated rings. The monoisotopic (exact) mass is 156 g/mol. The van der Waals surface area contributed by atoms with Crippen LogP contribution in [0.25, 0.3) is 0 Å². The van der Waals surface area contributed by atoms with Crippen LogP contribution in [0.5, 0.6) is 0 Å². The molecule has 0 aromatic rings. The summed E-state index contributed by atoms with van der Waals surface area (Å²) in [6.45, 7) is 4.16. The van der Waals surface area contributed by atoms with Crippen molar-refractivity contribution >= 4 is 0 Å². The van der Waals surface area contributed by atoms with Crippen molar-refractivity contribution < 1.29 is 5.11 Å². The zero-order valence-corrected chi connectivity index (χ0v) is 7.71. The topological polar surface area (TPSA) is 20.2 Å². The van der Waals surface area contributed by atoms with E-state index in [0.29, 0.717) is 0 Å². The summed E-state index contributed by atoms with van der Waals surface area (Å²) in [6, 6.07) is 0. The van der Waals surface area contributed by atoms with Gasteiger partial charge in [-0.3, -0.25) is 0 Å². The highest BCUT2D eigenvalue weighted by molar-refractivity contribution is 4.77. The Hall–Kier alpha value is -0.300. The van der Waals surface area contributed by atoms with E-state index in [1.165, 1.54) is 6.42 Å². The first-order chi connectivity index (χ1) is 5.31. The van der Waals surface area contributed by atoms with Gasteiger partial charge in [-0.2, -0.15) is 0 Å². The van der Waals surface area contributed by atoms with Crippen LogP contribution < -0.4 is 0 Å². The summed E-state index contributed by atoms with van der Waals surface area (Å²) in [7, 11) is 0. The Morgan fingerprint density at radius 2 is 2.09 bits per heavy atom. The number of aliphatic hydroxyl groups excluding tert-OH is 1. The molecule has 0 bridgehead atoms. The maximum absolute atomic E-state index is 9.37. The molecule has 1 nitrogen and oxygen atoms in total. The predicted molar refractivity (Wildman–Crippen MR) is 49.6 cm³/mol. The normalized spacial score (nSPS) is 14.1. The third-order valence-electron chi connectivity index (χ3n) is 1.79. The predicted octanol–water partition coefficient (Wildman–Crippen LogP) is 2.89. The number of rotatable bonds is 6. The molecule has 0 spiro atoms. The van der Waals surface area contributed by atoms with Crippen molar-refractivity contribution in [1.82, 2.24) is 0 Å². The first-order valence-electron chi connectivity index (χ1n) is 4.60. The summed E-state index contributed by atoms with van der Waals surface area (Å²) in [5.41, 5.74) is 0. The Balaban J connectivity index is 3.15. The van der Waals surface area contributed by atoms with Crippen molar-refractivity contribution in [1.29, 1.82) is 0 Å². The lowest BCUT2D eigenvalue weighted by Gasteiger charge is -2.06. The average Bonchev–Trinajstić information content (AvgIpc) is 2.01.